The Kier molecular flexibility index (Phi) is 3.62. The molecule has 1 aromatic rings. The van der Waals surface area contributed by atoms with Crippen molar-refractivity contribution in [2.75, 3.05) is 6.26 Å². The van der Waals surface area contributed by atoms with E-state index in [-0.39, 0.29) is 5.41 Å². The van der Waals surface area contributed by atoms with Crippen molar-refractivity contribution < 1.29 is 9.90 Å². The molecule has 16 heavy (non-hydrogen) atoms. The van der Waals surface area contributed by atoms with E-state index in [2.05, 4.69) is 10.2 Å². The first kappa shape index (κ1) is 13.0. The fraction of sp³-hybridized carbons (Fsp3) is 0.700. The summed E-state index contributed by atoms with van der Waals surface area (Å²) in [5, 5.41) is 18.0. The third kappa shape index (κ3) is 2.37. The fourth-order valence-corrected chi connectivity index (χ4v) is 2.11. The minimum Gasteiger partial charge on any atom is -0.481 e. The monoisotopic (exact) mass is 243 g/mol. The van der Waals surface area contributed by atoms with E-state index in [1.165, 1.54) is 11.8 Å². The van der Waals surface area contributed by atoms with Gasteiger partial charge in [-0.05, 0) is 11.7 Å². The van der Waals surface area contributed by atoms with E-state index in [0.717, 1.165) is 5.16 Å². The summed E-state index contributed by atoms with van der Waals surface area (Å²) in [5.74, 6) is -1.01. The Hall–Kier alpha value is -1.04. The summed E-state index contributed by atoms with van der Waals surface area (Å²) < 4.78 is 1.74. The number of nitrogens with zero attached hydrogens (tertiary/aromatic N) is 3. The summed E-state index contributed by atoms with van der Waals surface area (Å²) in [4.78, 5) is 11.3. The first-order chi connectivity index (χ1) is 7.29. The van der Waals surface area contributed by atoms with Gasteiger partial charge in [-0.2, -0.15) is 0 Å². The van der Waals surface area contributed by atoms with Gasteiger partial charge in [0, 0.05) is 7.05 Å². The van der Waals surface area contributed by atoms with Gasteiger partial charge >= 0.3 is 5.97 Å². The maximum Gasteiger partial charge on any atom is 0.314 e. The molecule has 5 nitrogen and oxygen atoms in total. The van der Waals surface area contributed by atoms with Gasteiger partial charge in [0.2, 0.25) is 0 Å². The van der Waals surface area contributed by atoms with Crippen LogP contribution in [0.2, 0.25) is 0 Å². The molecule has 0 bridgehead atoms. The Morgan fingerprint density at radius 2 is 2.00 bits per heavy atom. The number of hydrogen-bond donors (Lipinski definition) is 1. The molecule has 1 rings (SSSR count). The summed E-state index contributed by atoms with van der Waals surface area (Å²) in [6, 6.07) is 0. The molecule has 0 saturated heterocycles. The summed E-state index contributed by atoms with van der Waals surface area (Å²) in [6.07, 6.45) is 1.89. The van der Waals surface area contributed by atoms with Crippen LogP contribution in [-0.2, 0) is 11.8 Å². The second kappa shape index (κ2) is 4.45. The molecule has 0 aliphatic rings. The number of aromatic nitrogens is 3. The van der Waals surface area contributed by atoms with Crippen molar-refractivity contribution in [2.24, 2.45) is 12.5 Å². The molecule has 1 aromatic heterocycles. The summed E-state index contributed by atoms with van der Waals surface area (Å²) >= 11 is 1.45. The van der Waals surface area contributed by atoms with Crippen LogP contribution < -0.4 is 0 Å². The predicted octanol–water partition coefficient (Wildman–Crippen LogP) is 1.75. The highest BCUT2D eigenvalue weighted by molar-refractivity contribution is 7.98. The average Bonchev–Trinajstić information content (AvgIpc) is 2.45. The molecule has 6 heteroatoms. The van der Waals surface area contributed by atoms with Gasteiger partial charge in [-0.3, -0.25) is 4.79 Å². The first-order valence-corrected chi connectivity index (χ1v) is 6.17. The van der Waals surface area contributed by atoms with E-state index < -0.39 is 11.9 Å². The number of carbonyl (C=O) groups is 1. The lowest BCUT2D eigenvalue weighted by atomic mass is 9.80. The lowest BCUT2D eigenvalue weighted by molar-refractivity contribution is -0.141. The highest BCUT2D eigenvalue weighted by Crippen LogP contribution is 2.34. The Morgan fingerprint density at radius 3 is 2.31 bits per heavy atom. The van der Waals surface area contributed by atoms with Crippen molar-refractivity contribution in [3.05, 3.63) is 5.82 Å². The Balaban J connectivity index is 3.22. The van der Waals surface area contributed by atoms with Gasteiger partial charge in [0.1, 0.15) is 11.7 Å². The van der Waals surface area contributed by atoms with E-state index in [1.807, 2.05) is 27.0 Å². The molecular formula is C10H17N3O2S. The van der Waals surface area contributed by atoms with Crippen LogP contribution in [0.3, 0.4) is 0 Å². The van der Waals surface area contributed by atoms with Crippen molar-refractivity contribution in [1.29, 1.82) is 0 Å². The fourth-order valence-electron chi connectivity index (χ4n) is 1.62. The lowest BCUT2D eigenvalue weighted by Crippen LogP contribution is -2.28. The number of aliphatic carboxylic acids is 1. The van der Waals surface area contributed by atoms with Crippen LogP contribution in [0, 0.1) is 5.41 Å². The van der Waals surface area contributed by atoms with Crippen LogP contribution in [0.15, 0.2) is 5.16 Å². The van der Waals surface area contributed by atoms with E-state index >= 15 is 0 Å². The quantitative estimate of drug-likeness (QED) is 0.819. The minimum atomic E-state index is -0.865. The zero-order valence-corrected chi connectivity index (χ0v) is 11.0. The predicted molar refractivity (Wildman–Crippen MR) is 62.6 cm³/mol. The maximum absolute atomic E-state index is 11.3. The average molecular weight is 243 g/mol. The second-order valence-electron chi connectivity index (χ2n) is 4.74. The van der Waals surface area contributed by atoms with E-state index in [9.17, 15) is 9.90 Å². The number of hydrogen-bond acceptors (Lipinski definition) is 4. The molecule has 1 N–H and O–H groups in total. The molecule has 0 radical (unpaired) electrons. The van der Waals surface area contributed by atoms with Gasteiger partial charge in [-0.1, -0.05) is 32.5 Å². The van der Waals surface area contributed by atoms with Crippen molar-refractivity contribution in [3.8, 4) is 0 Å². The lowest BCUT2D eigenvalue weighted by Gasteiger charge is -2.25. The third-order valence-electron chi connectivity index (χ3n) is 2.42. The van der Waals surface area contributed by atoms with Crippen LogP contribution in [0.25, 0.3) is 0 Å². The highest BCUT2D eigenvalue weighted by Gasteiger charge is 2.36. The van der Waals surface area contributed by atoms with Crippen LogP contribution in [-0.4, -0.2) is 32.1 Å². The molecule has 0 fully saturated rings. The molecular weight excluding hydrogens is 226 g/mol. The van der Waals surface area contributed by atoms with Gasteiger partial charge < -0.3 is 9.67 Å². The summed E-state index contributed by atoms with van der Waals surface area (Å²) in [6.45, 7) is 5.66. The van der Waals surface area contributed by atoms with Crippen molar-refractivity contribution >= 4 is 17.7 Å². The van der Waals surface area contributed by atoms with E-state index in [4.69, 9.17) is 0 Å². The van der Waals surface area contributed by atoms with E-state index in [0.29, 0.717) is 5.82 Å². The Bertz CT molecular complexity index is 395. The number of rotatable bonds is 3. The topological polar surface area (TPSA) is 68.0 Å². The minimum absolute atomic E-state index is 0.387. The van der Waals surface area contributed by atoms with Gasteiger partial charge in [-0.25, -0.2) is 0 Å². The molecule has 1 unspecified atom stereocenters. The van der Waals surface area contributed by atoms with Crippen LogP contribution >= 0.6 is 11.8 Å². The van der Waals surface area contributed by atoms with Gasteiger partial charge in [0.05, 0.1) is 0 Å². The number of thioether (sulfide) groups is 1. The molecule has 0 spiro atoms. The first-order valence-electron chi connectivity index (χ1n) is 4.95. The van der Waals surface area contributed by atoms with Crippen LogP contribution in [0.1, 0.15) is 32.5 Å². The number of carboxylic acids is 1. The smallest absolute Gasteiger partial charge is 0.314 e. The zero-order chi connectivity index (χ0) is 12.5. The molecule has 0 saturated carbocycles. The molecule has 0 aliphatic heterocycles. The Morgan fingerprint density at radius 1 is 1.44 bits per heavy atom. The second-order valence-corrected chi connectivity index (χ2v) is 5.51. The third-order valence-corrected chi connectivity index (χ3v) is 3.14. The van der Waals surface area contributed by atoms with Gasteiger partial charge in [0.25, 0.3) is 0 Å². The SMILES string of the molecule is CSc1nnc(C(C(=O)O)C(C)(C)C)n1C. The highest BCUT2D eigenvalue weighted by atomic mass is 32.2. The zero-order valence-electron chi connectivity index (χ0n) is 10.2. The van der Waals surface area contributed by atoms with Gasteiger partial charge in [-0.15, -0.1) is 10.2 Å². The van der Waals surface area contributed by atoms with Crippen molar-refractivity contribution in [3.63, 3.8) is 0 Å². The molecule has 90 valence electrons. The molecule has 1 atom stereocenters. The number of carboxylic acid groups (broad SMARTS) is 1. The summed E-state index contributed by atoms with van der Waals surface area (Å²) in [5.41, 5.74) is -0.387. The Labute approximate surface area is 99.3 Å². The molecule has 0 aromatic carbocycles. The molecule has 0 aliphatic carbocycles. The van der Waals surface area contributed by atoms with Crippen molar-refractivity contribution in [2.45, 2.75) is 31.8 Å². The van der Waals surface area contributed by atoms with Crippen molar-refractivity contribution in [1.82, 2.24) is 14.8 Å². The van der Waals surface area contributed by atoms with Crippen LogP contribution in [0.4, 0.5) is 0 Å². The molecule has 1 heterocycles. The normalized spacial score (nSPS) is 13.8. The van der Waals surface area contributed by atoms with E-state index in [1.54, 1.807) is 11.6 Å². The van der Waals surface area contributed by atoms with Crippen LogP contribution in [0.5, 0.6) is 0 Å². The largest absolute Gasteiger partial charge is 0.481 e. The maximum atomic E-state index is 11.3. The van der Waals surface area contributed by atoms with Gasteiger partial charge in [0.15, 0.2) is 5.16 Å². The molecule has 0 amide bonds. The standard InChI is InChI=1S/C10H17N3O2S/c1-10(2,3)6(8(14)15)7-11-12-9(16-5)13(7)4/h6H,1-5H3,(H,14,15). The summed E-state index contributed by atoms with van der Waals surface area (Å²) in [7, 11) is 1.79.